The number of hydrogen-bond acceptors (Lipinski definition) is 4. The van der Waals surface area contributed by atoms with E-state index in [1.807, 2.05) is 25.1 Å². The lowest BCUT2D eigenvalue weighted by molar-refractivity contribution is -0.120. The summed E-state index contributed by atoms with van der Waals surface area (Å²) < 4.78 is 5.76. The Kier molecular flexibility index (Phi) is 6.19. The van der Waals surface area contributed by atoms with Crippen molar-refractivity contribution >= 4 is 17.5 Å². The summed E-state index contributed by atoms with van der Waals surface area (Å²) in [7, 11) is 0. The van der Waals surface area contributed by atoms with E-state index in [9.17, 15) is 4.79 Å². The monoisotopic (exact) mass is 343 g/mol. The van der Waals surface area contributed by atoms with Crippen molar-refractivity contribution in [3.05, 3.63) is 64.7 Å². The summed E-state index contributed by atoms with van der Waals surface area (Å²) in [5.41, 5.74) is 6.70. The fourth-order valence-corrected chi connectivity index (χ4v) is 2.40. The summed E-state index contributed by atoms with van der Waals surface area (Å²) in [5, 5.41) is 12.4. The minimum absolute atomic E-state index is 0.217. The van der Waals surface area contributed by atoms with Crippen LogP contribution in [0, 0.1) is 11.3 Å². The zero-order chi connectivity index (χ0) is 17.5. The maximum Gasteiger partial charge on any atom is 0.239 e. The smallest absolute Gasteiger partial charge is 0.239 e. The lowest BCUT2D eigenvalue weighted by Crippen LogP contribution is -2.38. The van der Waals surface area contributed by atoms with Gasteiger partial charge in [-0.3, -0.25) is 10.1 Å². The highest BCUT2D eigenvalue weighted by Crippen LogP contribution is 2.24. The molecule has 1 amide bonds. The fourth-order valence-electron chi connectivity index (χ4n) is 2.22. The van der Waals surface area contributed by atoms with Gasteiger partial charge < -0.3 is 10.5 Å². The van der Waals surface area contributed by atoms with E-state index < -0.39 is 11.9 Å². The Balaban J connectivity index is 1.99. The van der Waals surface area contributed by atoms with Crippen LogP contribution in [0.5, 0.6) is 5.75 Å². The highest BCUT2D eigenvalue weighted by molar-refractivity contribution is 6.32. The zero-order valence-corrected chi connectivity index (χ0v) is 14.0. The molecule has 2 aromatic rings. The van der Waals surface area contributed by atoms with E-state index in [4.69, 9.17) is 27.3 Å². The number of carbonyl (C=O) groups is 1. The number of nitrogens with one attached hydrogen (secondary N) is 1. The van der Waals surface area contributed by atoms with Gasteiger partial charge >= 0.3 is 0 Å². The third kappa shape index (κ3) is 4.72. The Hall–Kier alpha value is -2.55. The van der Waals surface area contributed by atoms with Crippen LogP contribution < -0.4 is 15.8 Å². The normalized spacial score (nSPS) is 12.9. The fraction of sp³-hybridized carbons (Fsp3) is 0.222. The van der Waals surface area contributed by atoms with Crippen molar-refractivity contribution in [1.82, 2.24) is 5.32 Å². The maximum absolute atomic E-state index is 11.7. The number of nitrogens with two attached hydrogens (primary N) is 1. The SMILES string of the molecule is C[C@H](CN[C@@H](C(N)=O)c1ccc(C#N)cc1)Oc1ccccc1Cl. The number of rotatable bonds is 7. The van der Waals surface area contributed by atoms with Gasteiger partial charge in [-0.1, -0.05) is 35.9 Å². The summed E-state index contributed by atoms with van der Waals surface area (Å²) in [4.78, 5) is 11.7. The molecule has 6 heteroatoms. The molecular formula is C18H18ClN3O2. The van der Waals surface area contributed by atoms with Gasteiger partial charge in [0.2, 0.25) is 5.91 Å². The molecule has 3 N–H and O–H groups in total. The van der Waals surface area contributed by atoms with E-state index >= 15 is 0 Å². The number of para-hydroxylation sites is 1. The molecule has 0 fully saturated rings. The van der Waals surface area contributed by atoms with E-state index in [2.05, 4.69) is 5.32 Å². The van der Waals surface area contributed by atoms with Crippen LogP contribution in [0.1, 0.15) is 24.1 Å². The molecule has 124 valence electrons. The third-order valence-corrected chi connectivity index (χ3v) is 3.74. The quantitative estimate of drug-likeness (QED) is 0.809. The molecule has 0 saturated carbocycles. The van der Waals surface area contributed by atoms with Crippen molar-refractivity contribution in [2.24, 2.45) is 5.73 Å². The first-order chi connectivity index (χ1) is 11.5. The van der Waals surface area contributed by atoms with E-state index in [1.54, 1.807) is 36.4 Å². The number of primary amides is 1. The number of nitriles is 1. The van der Waals surface area contributed by atoms with Crippen LogP contribution in [0.15, 0.2) is 48.5 Å². The third-order valence-electron chi connectivity index (χ3n) is 3.43. The predicted molar refractivity (Wildman–Crippen MR) is 92.6 cm³/mol. The zero-order valence-electron chi connectivity index (χ0n) is 13.2. The second-order valence-corrected chi connectivity index (χ2v) is 5.74. The molecule has 0 bridgehead atoms. The van der Waals surface area contributed by atoms with Gasteiger partial charge in [0.1, 0.15) is 17.9 Å². The first-order valence-electron chi connectivity index (χ1n) is 7.45. The summed E-state index contributed by atoms with van der Waals surface area (Å²) in [5.74, 6) is 0.0899. The van der Waals surface area contributed by atoms with Crippen LogP contribution in [-0.2, 0) is 4.79 Å². The topological polar surface area (TPSA) is 88.1 Å². The second kappa shape index (κ2) is 8.34. The van der Waals surface area contributed by atoms with Gasteiger partial charge in [0.25, 0.3) is 0 Å². The van der Waals surface area contributed by atoms with E-state index in [0.717, 1.165) is 0 Å². The van der Waals surface area contributed by atoms with Crippen LogP contribution in [0.4, 0.5) is 0 Å². The van der Waals surface area contributed by atoms with Crippen molar-refractivity contribution in [2.75, 3.05) is 6.54 Å². The Morgan fingerprint density at radius 1 is 1.29 bits per heavy atom. The summed E-state index contributed by atoms with van der Waals surface area (Å²) in [6.07, 6.45) is -0.217. The highest BCUT2D eigenvalue weighted by Gasteiger charge is 2.18. The highest BCUT2D eigenvalue weighted by atomic mass is 35.5. The molecule has 0 radical (unpaired) electrons. The average Bonchev–Trinajstić information content (AvgIpc) is 2.57. The van der Waals surface area contributed by atoms with Gasteiger partial charge in [-0.05, 0) is 36.8 Å². The van der Waals surface area contributed by atoms with Crippen molar-refractivity contribution in [2.45, 2.75) is 19.1 Å². The van der Waals surface area contributed by atoms with Gasteiger partial charge in [-0.2, -0.15) is 5.26 Å². The van der Waals surface area contributed by atoms with Gasteiger partial charge in [0.05, 0.1) is 16.7 Å². The van der Waals surface area contributed by atoms with Crippen LogP contribution in [0.3, 0.4) is 0 Å². The Bertz CT molecular complexity index is 741. The minimum atomic E-state index is -0.657. The van der Waals surface area contributed by atoms with Crippen LogP contribution in [-0.4, -0.2) is 18.6 Å². The van der Waals surface area contributed by atoms with Crippen molar-refractivity contribution in [3.63, 3.8) is 0 Å². The second-order valence-electron chi connectivity index (χ2n) is 5.34. The maximum atomic E-state index is 11.7. The molecule has 0 spiro atoms. The molecule has 0 aromatic heterocycles. The molecule has 0 aliphatic carbocycles. The van der Waals surface area contributed by atoms with Gasteiger partial charge in [0, 0.05) is 6.54 Å². The Morgan fingerprint density at radius 2 is 1.96 bits per heavy atom. The molecular weight excluding hydrogens is 326 g/mol. The number of halogens is 1. The van der Waals surface area contributed by atoms with Crippen LogP contribution in [0.25, 0.3) is 0 Å². The standard InChI is InChI=1S/C18H18ClN3O2/c1-12(24-16-5-3-2-4-15(16)19)11-22-17(18(21)23)14-8-6-13(10-20)7-9-14/h2-9,12,17,22H,11H2,1H3,(H2,21,23)/t12-,17-/m1/s1. The van der Waals surface area contributed by atoms with Crippen LogP contribution >= 0.6 is 11.6 Å². The molecule has 2 rings (SSSR count). The number of ether oxygens (including phenoxy) is 1. The first-order valence-corrected chi connectivity index (χ1v) is 7.83. The van der Waals surface area contributed by atoms with E-state index in [-0.39, 0.29) is 6.10 Å². The molecule has 5 nitrogen and oxygen atoms in total. The van der Waals surface area contributed by atoms with Gasteiger partial charge in [-0.25, -0.2) is 0 Å². The molecule has 0 saturated heterocycles. The number of benzene rings is 2. The van der Waals surface area contributed by atoms with Crippen molar-refractivity contribution < 1.29 is 9.53 Å². The lowest BCUT2D eigenvalue weighted by Gasteiger charge is -2.20. The Labute approximate surface area is 146 Å². The van der Waals surface area contributed by atoms with Gasteiger partial charge in [-0.15, -0.1) is 0 Å². The number of nitrogens with zero attached hydrogens (tertiary/aromatic N) is 1. The number of carbonyl (C=O) groups excluding carboxylic acids is 1. The molecule has 24 heavy (non-hydrogen) atoms. The van der Waals surface area contributed by atoms with E-state index in [1.165, 1.54) is 0 Å². The van der Waals surface area contributed by atoms with Crippen molar-refractivity contribution in [1.29, 1.82) is 5.26 Å². The van der Waals surface area contributed by atoms with E-state index in [0.29, 0.717) is 28.4 Å². The predicted octanol–water partition coefficient (Wildman–Crippen LogP) is 2.80. The summed E-state index contributed by atoms with van der Waals surface area (Å²) >= 11 is 6.06. The molecule has 0 aliphatic rings. The summed E-state index contributed by atoms with van der Waals surface area (Å²) in [6, 6.07) is 15.3. The molecule has 2 atom stereocenters. The molecule has 0 heterocycles. The first kappa shape index (κ1) is 17.8. The number of hydrogen-bond donors (Lipinski definition) is 2. The molecule has 0 unspecified atom stereocenters. The minimum Gasteiger partial charge on any atom is -0.488 e. The molecule has 0 aliphatic heterocycles. The average molecular weight is 344 g/mol. The summed E-state index contributed by atoms with van der Waals surface area (Å²) in [6.45, 7) is 2.27. The lowest BCUT2D eigenvalue weighted by atomic mass is 10.0. The van der Waals surface area contributed by atoms with Crippen LogP contribution in [0.2, 0.25) is 5.02 Å². The number of amides is 1. The molecule has 2 aromatic carbocycles. The van der Waals surface area contributed by atoms with Crippen molar-refractivity contribution in [3.8, 4) is 11.8 Å². The van der Waals surface area contributed by atoms with Gasteiger partial charge in [0.15, 0.2) is 0 Å². The Morgan fingerprint density at radius 3 is 2.54 bits per heavy atom. The largest absolute Gasteiger partial charge is 0.488 e.